The molecule has 0 saturated heterocycles. The van der Waals surface area contributed by atoms with Gasteiger partial charge >= 0.3 is 0 Å². The minimum atomic E-state index is 0.911. The first kappa shape index (κ1) is 12.3. The van der Waals surface area contributed by atoms with Crippen molar-refractivity contribution >= 4 is 22.7 Å². The number of imidazole rings is 1. The number of hydrogen-bond donors (Lipinski definition) is 0. The molecular weight excluding hydrogens is 288 g/mol. The van der Waals surface area contributed by atoms with Crippen molar-refractivity contribution in [3.05, 3.63) is 46.8 Å². The highest BCUT2D eigenvalue weighted by atomic mass is 32.1. The standard InChI is InChI=1S/C14H14N4S2/c1-2-12(19-7-1)14-16-11(10-20-14)8-17-5-6-18-4-3-15-13(18)9-17/h1-4,7,10H,5-6,8-9H2. The Balaban J connectivity index is 1.48. The van der Waals surface area contributed by atoms with Gasteiger partial charge in [0.05, 0.1) is 17.1 Å². The van der Waals surface area contributed by atoms with Gasteiger partial charge in [0, 0.05) is 37.4 Å². The summed E-state index contributed by atoms with van der Waals surface area (Å²) in [6.45, 7) is 3.92. The molecule has 0 spiro atoms. The smallest absolute Gasteiger partial charge is 0.133 e. The third kappa shape index (κ3) is 2.30. The summed E-state index contributed by atoms with van der Waals surface area (Å²) in [6, 6.07) is 4.20. The van der Waals surface area contributed by atoms with Crippen LogP contribution in [0.2, 0.25) is 0 Å². The Labute approximate surface area is 125 Å². The fourth-order valence-corrected chi connectivity index (χ4v) is 4.11. The predicted molar refractivity (Wildman–Crippen MR) is 81.8 cm³/mol. The lowest BCUT2D eigenvalue weighted by Crippen LogP contribution is -2.33. The Morgan fingerprint density at radius 2 is 2.25 bits per heavy atom. The number of hydrogen-bond acceptors (Lipinski definition) is 5. The van der Waals surface area contributed by atoms with Crippen LogP contribution in [0.25, 0.3) is 9.88 Å². The van der Waals surface area contributed by atoms with Gasteiger partial charge < -0.3 is 4.57 Å². The maximum atomic E-state index is 4.75. The molecule has 0 unspecified atom stereocenters. The highest BCUT2D eigenvalue weighted by Gasteiger charge is 2.17. The Hall–Kier alpha value is -1.50. The van der Waals surface area contributed by atoms with Gasteiger partial charge in [-0.1, -0.05) is 6.07 Å². The molecule has 6 heteroatoms. The van der Waals surface area contributed by atoms with Crippen LogP contribution in [0.3, 0.4) is 0 Å². The molecule has 4 rings (SSSR count). The zero-order chi connectivity index (χ0) is 13.4. The fourth-order valence-electron chi connectivity index (χ4n) is 2.48. The van der Waals surface area contributed by atoms with E-state index in [-0.39, 0.29) is 0 Å². The summed E-state index contributed by atoms with van der Waals surface area (Å²) < 4.78 is 2.23. The summed E-state index contributed by atoms with van der Waals surface area (Å²) in [5.74, 6) is 1.16. The normalized spacial score (nSPS) is 15.4. The molecular formula is C14H14N4S2. The van der Waals surface area contributed by atoms with Crippen LogP contribution >= 0.6 is 22.7 Å². The van der Waals surface area contributed by atoms with Crippen molar-refractivity contribution in [2.45, 2.75) is 19.6 Å². The van der Waals surface area contributed by atoms with Gasteiger partial charge in [-0.05, 0) is 11.4 Å². The summed E-state index contributed by atoms with van der Waals surface area (Å²) in [7, 11) is 0. The van der Waals surface area contributed by atoms with E-state index in [2.05, 4.69) is 43.5 Å². The Morgan fingerprint density at radius 1 is 1.25 bits per heavy atom. The van der Waals surface area contributed by atoms with Gasteiger partial charge in [0.25, 0.3) is 0 Å². The maximum Gasteiger partial charge on any atom is 0.133 e. The molecule has 0 atom stereocenters. The van der Waals surface area contributed by atoms with Crippen LogP contribution in [0.15, 0.2) is 35.3 Å². The second-order valence-electron chi connectivity index (χ2n) is 4.87. The van der Waals surface area contributed by atoms with Gasteiger partial charge in [0.2, 0.25) is 0 Å². The number of rotatable bonds is 3. The minimum Gasteiger partial charge on any atom is -0.333 e. The molecule has 4 heterocycles. The molecule has 3 aromatic rings. The fraction of sp³-hybridized carbons (Fsp3) is 0.286. The number of thiophene rings is 1. The largest absolute Gasteiger partial charge is 0.333 e. The number of aromatic nitrogens is 3. The van der Waals surface area contributed by atoms with Crippen LogP contribution in [-0.4, -0.2) is 26.0 Å². The number of thiazole rings is 1. The molecule has 0 amide bonds. The molecule has 0 aliphatic carbocycles. The van der Waals surface area contributed by atoms with Crippen molar-refractivity contribution in [3.8, 4) is 9.88 Å². The van der Waals surface area contributed by atoms with Gasteiger partial charge in [-0.25, -0.2) is 9.97 Å². The summed E-state index contributed by atoms with van der Waals surface area (Å²) in [5, 5.41) is 5.41. The first-order valence-electron chi connectivity index (χ1n) is 6.59. The molecule has 4 nitrogen and oxygen atoms in total. The quantitative estimate of drug-likeness (QED) is 0.745. The van der Waals surface area contributed by atoms with Crippen LogP contribution < -0.4 is 0 Å². The SMILES string of the molecule is c1csc(-c2nc(CN3CCn4ccnc4C3)cs2)c1. The van der Waals surface area contributed by atoms with Crippen LogP contribution in [0.4, 0.5) is 0 Å². The zero-order valence-corrected chi connectivity index (χ0v) is 12.5. The number of nitrogens with zero attached hydrogens (tertiary/aromatic N) is 4. The Bertz CT molecular complexity index is 698. The van der Waals surface area contributed by atoms with E-state index in [1.807, 2.05) is 6.20 Å². The van der Waals surface area contributed by atoms with E-state index < -0.39 is 0 Å². The van der Waals surface area contributed by atoms with Crippen molar-refractivity contribution < 1.29 is 0 Å². The minimum absolute atomic E-state index is 0.911. The maximum absolute atomic E-state index is 4.75. The molecule has 0 bridgehead atoms. The third-order valence-corrected chi connectivity index (χ3v) is 5.42. The van der Waals surface area contributed by atoms with Crippen LogP contribution in [0, 0.1) is 0 Å². The van der Waals surface area contributed by atoms with Crippen molar-refractivity contribution in [3.63, 3.8) is 0 Å². The molecule has 102 valence electrons. The van der Waals surface area contributed by atoms with E-state index in [1.165, 1.54) is 10.6 Å². The summed E-state index contributed by atoms with van der Waals surface area (Å²) >= 11 is 3.48. The summed E-state index contributed by atoms with van der Waals surface area (Å²) in [6.07, 6.45) is 3.95. The highest BCUT2D eigenvalue weighted by Crippen LogP contribution is 2.28. The van der Waals surface area contributed by atoms with Gasteiger partial charge in [0.1, 0.15) is 10.8 Å². The molecule has 0 saturated carbocycles. The lowest BCUT2D eigenvalue weighted by molar-refractivity contribution is 0.207. The van der Waals surface area contributed by atoms with E-state index in [0.29, 0.717) is 0 Å². The van der Waals surface area contributed by atoms with Crippen LogP contribution in [-0.2, 0) is 19.6 Å². The van der Waals surface area contributed by atoms with Crippen molar-refractivity contribution in [2.75, 3.05) is 6.54 Å². The summed E-state index contributed by atoms with van der Waals surface area (Å²) in [5.41, 5.74) is 1.17. The lowest BCUT2D eigenvalue weighted by Gasteiger charge is -2.26. The number of fused-ring (bicyclic) bond motifs is 1. The van der Waals surface area contributed by atoms with E-state index in [4.69, 9.17) is 4.98 Å². The molecule has 0 aromatic carbocycles. The first-order chi connectivity index (χ1) is 9.88. The first-order valence-corrected chi connectivity index (χ1v) is 8.35. The Kier molecular flexibility index (Phi) is 3.14. The van der Waals surface area contributed by atoms with Crippen molar-refractivity contribution in [1.29, 1.82) is 0 Å². The molecule has 1 aliphatic heterocycles. The van der Waals surface area contributed by atoms with Crippen molar-refractivity contribution in [2.24, 2.45) is 0 Å². The van der Waals surface area contributed by atoms with Gasteiger partial charge in [-0.3, -0.25) is 4.90 Å². The third-order valence-electron chi connectivity index (χ3n) is 3.49. The molecule has 1 aliphatic rings. The molecule has 0 N–H and O–H groups in total. The molecule has 20 heavy (non-hydrogen) atoms. The second-order valence-corrected chi connectivity index (χ2v) is 6.67. The van der Waals surface area contributed by atoms with E-state index >= 15 is 0 Å². The zero-order valence-electron chi connectivity index (χ0n) is 10.9. The van der Waals surface area contributed by atoms with E-state index in [1.54, 1.807) is 22.7 Å². The molecule has 0 radical (unpaired) electrons. The van der Waals surface area contributed by atoms with Gasteiger partial charge in [-0.2, -0.15) is 0 Å². The second kappa shape index (κ2) is 5.12. The topological polar surface area (TPSA) is 34.0 Å². The summed E-state index contributed by atoms with van der Waals surface area (Å²) in [4.78, 5) is 12.8. The van der Waals surface area contributed by atoms with Crippen LogP contribution in [0.1, 0.15) is 11.5 Å². The average Bonchev–Trinajstić information content (AvgIpc) is 3.19. The lowest BCUT2D eigenvalue weighted by atomic mass is 10.3. The van der Waals surface area contributed by atoms with Gasteiger partial charge in [-0.15, -0.1) is 22.7 Å². The highest BCUT2D eigenvalue weighted by molar-refractivity contribution is 7.20. The van der Waals surface area contributed by atoms with E-state index in [9.17, 15) is 0 Å². The Morgan fingerprint density at radius 3 is 3.15 bits per heavy atom. The van der Waals surface area contributed by atoms with Gasteiger partial charge in [0.15, 0.2) is 0 Å². The van der Waals surface area contributed by atoms with Crippen molar-refractivity contribution in [1.82, 2.24) is 19.4 Å². The average molecular weight is 302 g/mol. The van der Waals surface area contributed by atoms with Crippen LogP contribution in [0.5, 0.6) is 0 Å². The monoisotopic (exact) mass is 302 g/mol. The molecule has 0 fully saturated rings. The van der Waals surface area contributed by atoms with E-state index in [0.717, 1.165) is 37.0 Å². The predicted octanol–water partition coefficient (Wildman–Crippen LogP) is 3.08. The molecule has 3 aromatic heterocycles.